The Morgan fingerprint density at radius 3 is 2.36 bits per heavy atom. The first-order valence-electron chi connectivity index (χ1n) is 7.85. The highest BCUT2D eigenvalue weighted by Gasteiger charge is 2.34. The van der Waals surface area contributed by atoms with Crippen molar-refractivity contribution in [3.05, 3.63) is 64.7 Å². The van der Waals surface area contributed by atoms with Gasteiger partial charge >= 0.3 is 0 Å². The zero-order valence-electron chi connectivity index (χ0n) is 13.8. The molecule has 3 amide bonds. The third-order valence-electron chi connectivity index (χ3n) is 4.08. The number of hydrogen-bond acceptors (Lipinski definition) is 4. The molecule has 1 heterocycles. The van der Waals surface area contributed by atoms with E-state index in [-0.39, 0.29) is 29.4 Å². The van der Waals surface area contributed by atoms with Crippen molar-refractivity contribution in [1.82, 2.24) is 4.90 Å². The van der Waals surface area contributed by atoms with Gasteiger partial charge in [0.2, 0.25) is 0 Å². The SMILES string of the molecule is CCN1C(=O)c2ccc(C(=O)Nc3cccc(C(C)=O)c3)cc2C1=O. The monoisotopic (exact) mass is 336 g/mol. The summed E-state index contributed by atoms with van der Waals surface area (Å²) in [5.41, 5.74) is 1.78. The number of nitrogens with zero attached hydrogens (tertiary/aromatic N) is 1. The largest absolute Gasteiger partial charge is 0.322 e. The Kier molecular flexibility index (Phi) is 4.19. The number of nitrogens with one attached hydrogen (secondary N) is 1. The van der Waals surface area contributed by atoms with E-state index < -0.39 is 11.8 Å². The van der Waals surface area contributed by atoms with E-state index in [1.165, 1.54) is 25.1 Å². The fraction of sp³-hybridized carbons (Fsp3) is 0.158. The highest BCUT2D eigenvalue weighted by Crippen LogP contribution is 2.24. The number of rotatable bonds is 4. The van der Waals surface area contributed by atoms with E-state index in [1.807, 2.05) is 0 Å². The van der Waals surface area contributed by atoms with Gasteiger partial charge in [-0.2, -0.15) is 0 Å². The normalized spacial score (nSPS) is 13.0. The van der Waals surface area contributed by atoms with E-state index in [2.05, 4.69) is 5.32 Å². The zero-order valence-corrected chi connectivity index (χ0v) is 13.8. The van der Waals surface area contributed by atoms with Crippen LogP contribution < -0.4 is 5.32 Å². The summed E-state index contributed by atoms with van der Waals surface area (Å²) in [5.74, 6) is -1.25. The molecular weight excluding hydrogens is 320 g/mol. The van der Waals surface area contributed by atoms with Gasteiger partial charge in [-0.15, -0.1) is 0 Å². The smallest absolute Gasteiger partial charge is 0.261 e. The number of fused-ring (bicyclic) bond motifs is 1. The lowest BCUT2D eigenvalue weighted by atomic mass is 10.0. The number of anilines is 1. The van der Waals surface area contributed by atoms with E-state index in [9.17, 15) is 19.2 Å². The molecule has 6 nitrogen and oxygen atoms in total. The second kappa shape index (κ2) is 6.32. The van der Waals surface area contributed by atoms with Crippen LogP contribution in [0.1, 0.15) is 55.3 Å². The molecule has 1 N–H and O–H groups in total. The van der Waals surface area contributed by atoms with Gasteiger partial charge in [-0.25, -0.2) is 0 Å². The standard InChI is InChI=1S/C19H16N2O4/c1-3-21-18(24)15-8-7-13(10-16(15)19(21)25)17(23)20-14-6-4-5-12(9-14)11(2)22/h4-10H,3H2,1-2H3,(H,20,23). The Balaban J connectivity index is 1.87. The Morgan fingerprint density at radius 1 is 0.960 bits per heavy atom. The second-order valence-corrected chi connectivity index (χ2v) is 5.71. The molecule has 25 heavy (non-hydrogen) atoms. The van der Waals surface area contributed by atoms with Gasteiger partial charge in [0.15, 0.2) is 5.78 Å². The van der Waals surface area contributed by atoms with Gasteiger partial charge in [-0.05, 0) is 44.2 Å². The van der Waals surface area contributed by atoms with Gasteiger partial charge in [0.25, 0.3) is 17.7 Å². The topological polar surface area (TPSA) is 83.6 Å². The molecule has 2 aromatic carbocycles. The van der Waals surface area contributed by atoms with Gasteiger partial charge in [0, 0.05) is 23.4 Å². The van der Waals surface area contributed by atoms with Crippen LogP contribution in [0.15, 0.2) is 42.5 Å². The predicted octanol–water partition coefficient (Wildman–Crippen LogP) is 2.76. The van der Waals surface area contributed by atoms with Crippen molar-refractivity contribution >= 4 is 29.2 Å². The Labute approximate surface area is 144 Å². The Hall–Kier alpha value is -3.28. The summed E-state index contributed by atoms with van der Waals surface area (Å²) in [7, 11) is 0. The van der Waals surface area contributed by atoms with E-state index in [1.54, 1.807) is 31.2 Å². The zero-order chi connectivity index (χ0) is 18.1. The first-order valence-corrected chi connectivity index (χ1v) is 7.85. The van der Waals surface area contributed by atoms with E-state index in [4.69, 9.17) is 0 Å². The molecule has 126 valence electrons. The van der Waals surface area contributed by atoms with Crippen molar-refractivity contribution < 1.29 is 19.2 Å². The number of imide groups is 1. The highest BCUT2D eigenvalue weighted by atomic mass is 16.2. The summed E-state index contributed by atoms with van der Waals surface area (Å²) in [6.07, 6.45) is 0. The molecule has 0 fully saturated rings. The van der Waals surface area contributed by atoms with Crippen molar-refractivity contribution in [2.45, 2.75) is 13.8 Å². The quantitative estimate of drug-likeness (QED) is 0.687. The van der Waals surface area contributed by atoms with Crippen molar-refractivity contribution in [1.29, 1.82) is 0 Å². The minimum atomic E-state index is -0.418. The molecule has 1 aliphatic heterocycles. The molecule has 0 radical (unpaired) electrons. The first kappa shape index (κ1) is 16.6. The molecule has 0 aliphatic carbocycles. The summed E-state index contributed by atoms with van der Waals surface area (Å²) in [6, 6.07) is 11.0. The molecule has 0 atom stereocenters. The number of carbonyl (C=O) groups is 4. The molecule has 1 aliphatic rings. The number of benzene rings is 2. The average molecular weight is 336 g/mol. The maximum Gasteiger partial charge on any atom is 0.261 e. The maximum absolute atomic E-state index is 12.4. The van der Waals surface area contributed by atoms with Crippen molar-refractivity contribution in [3.63, 3.8) is 0 Å². The van der Waals surface area contributed by atoms with Crippen molar-refractivity contribution in [3.8, 4) is 0 Å². The lowest BCUT2D eigenvalue weighted by Gasteiger charge is -2.08. The Bertz CT molecular complexity index is 917. The molecule has 0 saturated heterocycles. The fourth-order valence-corrected chi connectivity index (χ4v) is 2.74. The molecule has 0 saturated carbocycles. The van der Waals surface area contributed by atoms with E-state index in [0.29, 0.717) is 16.8 Å². The fourth-order valence-electron chi connectivity index (χ4n) is 2.74. The molecule has 0 spiro atoms. The van der Waals surface area contributed by atoms with Gasteiger partial charge < -0.3 is 5.32 Å². The van der Waals surface area contributed by atoms with Crippen LogP contribution in [0.25, 0.3) is 0 Å². The van der Waals surface area contributed by atoms with Crippen molar-refractivity contribution in [2.75, 3.05) is 11.9 Å². The lowest BCUT2D eigenvalue weighted by molar-refractivity contribution is 0.0662. The van der Waals surface area contributed by atoms with Crippen LogP contribution >= 0.6 is 0 Å². The summed E-state index contributed by atoms with van der Waals surface area (Å²) < 4.78 is 0. The second-order valence-electron chi connectivity index (χ2n) is 5.71. The molecule has 2 aromatic rings. The Morgan fingerprint density at radius 2 is 1.68 bits per heavy atom. The van der Waals surface area contributed by atoms with Gasteiger partial charge in [-0.3, -0.25) is 24.1 Å². The number of ketones is 1. The van der Waals surface area contributed by atoms with Crippen LogP contribution in [0, 0.1) is 0 Å². The average Bonchev–Trinajstić information content (AvgIpc) is 2.85. The minimum absolute atomic E-state index is 0.0996. The van der Waals surface area contributed by atoms with Crippen LogP contribution in [0.3, 0.4) is 0 Å². The van der Waals surface area contributed by atoms with Gasteiger partial charge in [-0.1, -0.05) is 12.1 Å². The number of hydrogen-bond donors (Lipinski definition) is 1. The number of carbonyl (C=O) groups excluding carboxylic acids is 4. The predicted molar refractivity (Wildman–Crippen MR) is 91.9 cm³/mol. The van der Waals surface area contributed by atoms with Crippen LogP contribution in [0.4, 0.5) is 5.69 Å². The summed E-state index contributed by atoms with van der Waals surface area (Å²) in [5, 5.41) is 2.69. The van der Waals surface area contributed by atoms with Crippen LogP contribution in [-0.2, 0) is 0 Å². The van der Waals surface area contributed by atoms with Crippen LogP contribution in [0.2, 0.25) is 0 Å². The van der Waals surface area contributed by atoms with Crippen molar-refractivity contribution in [2.24, 2.45) is 0 Å². The van der Waals surface area contributed by atoms with Crippen LogP contribution in [0.5, 0.6) is 0 Å². The van der Waals surface area contributed by atoms with Gasteiger partial charge in [0.05, 0.1) is 11.1 Å². The number of amides is 3. The molecule has 0 unspecified atom stereocenters. The molecule has 6 heteroatoms. The maximum atomic E-state index is 12.4. The lowest BCUT2D eigenvalue weighted by Crippen LogP contribution is -2.29. The summed E-state index contributed by atoms with van der Waals surface area (Å²) in [6.45, 7) is 3.45. The van der Waals surface area contributed by atoms with Gasteiger partial charge in [0.1, 0.15) is 0 Å². The molecular formula is C19H16N2O4. The molecule has 0 aromatic heterocycles. The number of Topliss-reactive ketones (excluding diaryl/α,β-unsaturated/α-hetero) is 1. The summed E-state index contributed by atoms with van der Waals surface area (Å²) >= 11 is 0. The third kappa shape index (κ3) is 2.94. The van der Waals surface area contributed by atoms with Crippen LogP contribution in [-0.4, -0.2) is 34.9 Å². The molecule has 3 rings (SSSR count). The van der Waals surface area contributed by atoms with E-state index >= 15 is 0 Å². The van der Waals surface area contributed by atoms with E-state index in [0.717, 1.165) is 4.90 Å². The highest BCUT2D eigenvalue weighted by molar-refractivity contribution is 6.22. The summed E-state index contributed by atoms with van der Waals surface area (Å²) in [4.78, 5) is 49.3. The molecule has 0 bridgehead atoms. The third-order valence-corrected chi connectivity index (χ3v) is 4.08. The first-order chi connectivity index (χ1) is 11.9. The minimum Gasteiger partial charge on any atom is -0.322 e.